The molecule has 0 bridgehead atoms. The van der Waals surface area contributed by atoms with Gasteiger partial charge in [-0.05, 0) is 13.1 Å². The Bertz CT molecular complexity index is 118. The van der Waals surface area contributed by atoms with E-state index in [0.29, 0.717) is 5.88 Å². The predicted octanol–water partition coefficient (Wildman–Crippen LogP) is 1.38. The Labute approximate surface area is 60.6 Å². The standard InChI is InChI=1S/C6H11ClN2/c1-3-4-9-6(5-7)8-2/h3-4H,5H2,1-2H3,(H,8,9)/b4-3-. The highest BCUT2D eigenvalue weighted by Gasteiger charge is 1.86. The summed E-state index contributed by atoms with van der Waals surface area (Å²) in [6.07, 6.45) is 3.68. The molecule has 0 aromatic carbocycles. The zero-order valence-corrected chi connectivity index (χ0v) is 6.44. The first-order valence-corrected chi connectivity index (χ1v) is 3.28. The molecule has 0 aromatic heterocycles. The molecule has 0 atom stereocenters. The molecule has 9 heavy (non-hydrogen) atoms. The third kappa shape index (κ3) is 4.03. The second-order valence-corrected chi connectivity index (χ2v) is 1.72. The van der Waals surface area contributed by atoms with E-state index >= 15 is 0 Å². The molecule has 0 radical (unpaired) electrons. The van der Waals surface area contributed by atoms with E-state index in [1.54, 1.807) is 13.2 Å². The third-order valence-electron chi connectivity index (χ3n) is 0.813. The van der Waals surface area contributed by atoms with Gasteiger partial charge >= 0.3 is 0 Å². The molecule has 0 saturated carbocycles. The van der Waals surface area contributed by atoms with Gasteiger partial charge in [0.1, 0.15) is 5.84 Å². The molecule has 0 rings (SSSR count). The van der Waals surface area contributed by atoms with Crippen LogP contribution >= 0.6 is 11.6 Å². The van der Waals surface area contributed by atoms with Gasteiger partial charge in [-0.25, -0.2) is 0 Å². The van der Waals surface area contributed by atoms with E-state index in [1.807, 2.05) is 13.0 Å². The lowest BCUT2D eigenvalue weighted by Crippen LogP contribution is -2.18. The Morgan fingerprint density at radius 3 is 2.78 bits per heavy atom. The lowest BCUT2D eigenvalue weighted by molar-refractivity contribution is 1.21. The Kier molecular flexibility index (Phi) is 5.32. The van der Waals surface area contributed by atoms with Gasteiger partial charge in [0.25, 0.3) is 0 Å². The van der Waals surface area contributed by atoms with Crippen molar-refractivity contribution < 1.29 is 0 Å². The summed E-state index contributed by atoms with van der Waals surface area (Å²) in [5.74, 6) is 1.22. The van der Waals surface area contributed by atoms with Crippen LogP contribution in [0.5, 0.6) is 0 Å². The molecule has 0 spiro atoms. The number of allylic oxidation sites excluding steroid dienone is 1. The highest BCUT2D eigenvalue weighted by atomic mass is 35.5. The van der Waals surface area contributed by atoms with Gasteiger partial charge in [-0.3, -0.25) is 4.99 Å². The minimum atomic E-state index is 0.431. The van der Waals surface area contributed by atoms with Gasteiger partial charge in [0, 0.05) is 7.05 Å². The van der Waals surface area contributed by atoms with E-state index in [2.05, 4.69) is 10.3 Å². The number of nitrogens with one attached hydrogen (secondary N) is 1. The van der Waals surface area contributed by atoms with Crippen LogP contribution in [0, 0.1) is 0 Å². The van der Waals surface area contributed by atoms with Crippen LogP contribution in [0.4, 0.5) is 0 Å². The number of aliphatic imine (C=N–C) groups is 1. The Balaban J connectivity index is 3.58. The Morgan fingerprint density at radius 2 is 2.44 bits per heavy atom. The number of nitrogens with zero attached hydrogens (tertiary/aromatic N) is 1. The summed E-state index contributed by atoms with van der Waals surface area (Å²) in [6.45, 7) is 1.93. The normalized spacial score (nSPS) is 12.6. The predicted molar refractivity (Wildman–Crippen MR) is 42.0 cm³/mol. The Hall–Kier alpha value is -0.500. The fourth-order valence-electron chi connectivity index (χ4n) is 0.342. The van der Waals surface area contributed by atoms with Crippen LogP contribution < -0.4 is 5.32 Å². The number of alkyl halides is 1. The molecule has 0 aliphatic heterocycles. The molecule has 1 N–H and O–H groups in total. The van der Waals surface area contributed by atoms with E-state index in [-0.39, 0.29) is 0 Å². The van der Waals surface area contributed by atoms with E-state index in [1.165, 1.54) is 0 Å². The average molecular weight is 147 g/mol. The molecule has 0 amide bonds. The van der Waals surface area contributed by atoms with Gasteiger partial charge in [0.15, 0.2) is 0 Å². The maximum atomic E-state index is 5.48. The second kappa shape index (κ2) is 5.63. The fraction of sp³-hybridized carbons (Fsp3) is 0.500. The number of amidine groups is 1. The number of rotatable bonds is 2. The summed E-state index contributed by atoms with van der Waals surface area (Å²) in [6, 6.07) is 0. The minimum Gasteiger partial charge on any atom is -0.350 e. The smallest absolute Gasteiger partial charge is 0.115 e. The highest BCUT2D eigenvalue weighted by molar-refractivity contribution is 6.28. The fourth-order valence-corrected chi connectivity index (χ4v) is 0.539. The van der Waals surface area contributed by atoms with Crippen molar-refractivity contribution in [1.29, 1.82) is 0 Å². The zero-order chi connectivity index (χ0) is 7.11. The molecule has 0 saturated heterocycles. The van der Waals surface area contributed by atoms with Gasteiger partial charge in [-0.1, -0.05) is 6.08 Å². The lowest BCUT2D eigenvalue weighted by Gasteiger charge is -1.97. The summed E-state index contributed by atoms with van der Waals surface area (Å²) < 4.78 is 0. The van der Waals surface area contributed by atoms with E-state index in [9.17, 15) is 0 Å². The largest absolute Gasteiger partial charge is 0.350 e. The molecule has 0 aliphatic rings. The van der Waals surface area contributed by atoms with Crippen molar-refractivity contribution in [3.05, 3.63) is 12.3 Å². The summed E-state index contributed by atoms with van der Waals surface area (Å²) in [5, 5.41) is 2.91. The van der Waals surface area contributed by atoms with E-state index in [0.717, 1.165) is 5.84 Å². The van der Waals surface area contributed by atoms with E-state index in [4.69, 9.17) is 11.6 Å². The number of hydrogen-bond acceptors (Lipinski definition) is 1. The molecule has 0 fully saturated rings. The van der Waals surface area contributed by atoms with Crippen LogP contribution in [0.25, 0.3) is 0 Å². The molecule has 0 aromatic rings. The quantitative estimate of drug-likeness (QED) is 0.355. The van der Waals surface area contributed by atoms with Crippen LogP contribution in [0.15, 0.2) is 17.3 Å². The second-order valence-electron chi connectivity index (χ2n) is 1.45. The van der Waals surface area contributed by atoms with Crippen LogP contribution in [0.3, 0.4) is 0 Å². The van der Waals surface area contributed by atoms with Crippen LogP contribution in [-0.4, -0.2) is 18.8 Å². The van der Waals surface area contributed by atoms with Gasteiger partial charge in [0.2, 0.25) is 0 Å². The molecule has 2 nitrogen and oxygen atoms in total. The van der Waals surface area contributed by atoms with Crippen molar-refractivity contribution in [1.82, 2.24) is 5.32 Å². The summed E-state index contributed by atoms with van der Waals surface area (Å²) in [4.78, 5) is 3.87. The SMILES string of the molecule is C/C=C\NC(CCl)=NC. The van der Waals surface area contributed by atoms with Crippen LogP contribution in [0.1, 0.15) is 6.92 Å². The first-order valence-electron chi connectivity index (χ1n) is 2.74. The minimum absolute atomic E-state index is 0.431. The maximum Gasteiger partial charge on any atom is 0.115 e. The van der Waals surface area contributed by atoms with Gasteiger partial charge < -0.3 is 5.32 Å². The van der Waals surface area contributed by atoms with Crippen molar-refractivity contribution in [2.45, 2.75) is 6.92 Å². The highest BCUT2D eigenvalue weighted by Crippen LogP contribution is 1.78. The van der Waals surface area contributed by atoms with Gasteiger partial charge in [-0.15, -0.1) is 11.6 Å². The van der Waals surface area contributed by atoms with Crippen LogP contribution in [-0.2, 0) is 0 Å². The van der Waals surface area contributed by atoms with Gasteiger partial charge in [-0.2, -0.15) is 0 Å². The molecule has 3 heteroatoms. The summed E-state index contributed by atoms with van der Waals surface area (Å²) in [5.41, 5.74) is 0. The number of halogens is 1. The molecule has 52 valence electrons. The van der Waals surface area contributed by atoms with Crippen molar-refractivity contribution >= 4 is 17.4 Å². The van der Waals surface area contributed by atoms with Crippen LogP contribution in [0.2, 0.25) is 0 Å². The molecular weight excluding hydrogens is 136 g/mol. The van der Waals surface area contributed by atoms with Crippen molar-refractivity contribution in [3.63, 3.8) is 0 Å². The molecular formula is C6H11ClN2. The zero-order valence-electron chi connectivity index (χ0n) is 5.69. The van der Waals surface area contributed by atoms with Crippen molar-refractivity contribution in [2.24, 2.45) is 4.99 Å². The van der Waals surface area contributed by atoms with Gasteiger partial charge in [0.05, 0.1) is 5.88 Å². The Morgan fingerprint density at radius 1 is 1.78 bits per heavy atom. The van der Waals surface area contributed by atoms with E-state index < -0.39 is 0 Å². The van der Waals surface area contributed by atoms with Crippen molar-refractivity contribution in [3.8, 4) is 0 Å². The maximum absolute atomic E-state index is 5.48. The lowest BCUT2D eigenvalue weighted by atomic mass is 10.6. The topological polar surface area (TPSA) is 24.4 Å². The third-order valence-corrected chi connectivity index (χ3v) is 1.07. The first kappa shape index (κ1) is 8.50. The first-order chi connectivity index (χ1) is 4.35. The molecule has 0 heterocycles. The summed E-state index contributed by atoms with van der Waals surface area (Å²) in [7, 11) is 1.70. The monoisotopic (exact) mass is 146 g/mol. The average Bonchev–Trinajstić information content (AvgIpc) is 1.91. The van der Waals surface area contributed by atoms with Crippen molar-refractivity contribution in [2.75, 3.05) is 12.9 Å². The molecule has 0 unspecified atom stereocenters. The molecule has 0 aliphatic carbocycles. The number of hydrogen-bond donors (Lipinski definition) is 1. The summed E-state index contributed by atoms with van der Waals surface area (Å²) >= 11 is 5.48.